The molecule has 1 aromatic carbocycles. The molecule has 0 aliphatic carbocycles. The summed E-state index contributed by atoms with van der Waals surface area (Å²) in [6, 6.07) is 11.6. The lowest BCUT2D eigenvalue weighted by atomic mass is 10.3. The maximum atomic E-state index is 5.55. The Morgan fingerprint density at radius 2 is 1.93 bits per heavy atom. The number of anilines is 2. The molecule has 1 heterocycles. The Balaban J connectivity index is 1.99. The van der Waals surface area contributed by atoms with Crippen molar-refractivity contribution in [2.75, 3.05) is 11.1 Å². The third kappa shape index (κ3) is 2.67. The van der Waals surface area contributed by atoms with E-state index < -0.39 is 0 Å². The van der Waals surface area contributed by atoms with Gasteiger partial charge in [-0.3, -0.25) is 0 Å². The third-order valence-electron chi connectivity index (χ3n) is 1.95. The van der Waals surface area contributed by atoms with Gasteiger partial charge in [0.05, 0.1) is 6.54 Å². The van der Waals surface area contributed by atoms with Crippen molar-refractivity contribution in [1.82, 2.24) is 9.97 Å². The van der Waals surface area contributed by atoms with Crippen LogP contribution in [-0.2, 0) is 6.54 Å². The number of hydrogen-bond donors (Lipinski definition) is 2. The molecule has 0 unspecified atom stereocenters. The molecule has 0 spiro atoms. The van der Waals surface area contributed by atoms with E-state index in [9.17, 15) is 0 Å². The number of benzene rings is 1. The van der Waals surface area contributed by atoms with Crippen molar-refractivity contribution in [3.63, 3.8) is 0 Å². The molecule has 3 N–H and O–H groups in total. The van der Waals surface area contributed by atoms with Gasteiger partial charge in [-0.15, -0.1) is 0 Å². The molecular formula is C11H12N4. The average Bonchev–Trinajstić information content (AvgIpc) is 2.28. The van der Waals surface area contributed by atoms with E-state index in [1.165, 1.54) is 0 Å². The summed E-state index contributed by atoms with van der Waals surface area (Å²) in [5, 5.41) is 3.21. The van der Waals surface area contributed by atoms with Crippen LogP contribution < -0.4 is 11.1 Å². The van der Waals surface area contributed by atoms with E-state index >= 15 is 0 Å². The first-order valence-electron chi connectivity index (χ1n) is 4.71. The Bertz CT molecular complexity index is 428. The highest BCUT2D eigenvalue weighted by Gasteiger charge is 1.96. The molecule has 0 saturated heterocycles. The van der Waals surface area contributed by atoms with Crippen LogP contribution in [0.25, 0.3) is 0 Å². The van der Waals surface area contributed by atoms with Crippen molar-refractivity contribution < 1.29 is 0 Å². The summed E-state index contributed by atoms with van der Waals surface area (Å²) < 4.78 is 0. The summed E-state index contributed by atoms with van der Waals surface area (Å²) >= 11 is 0. The van der Waals surface area contributed by atoms with Gasteiger partial charge in [-0.2, -0.15) is 0 Å². The molecule has 76 valence electrons. The number of rotatable bonds is 3. The molecule has 0 radical (unpaired) electrons. The van der Waals surface area contributed by atoms with E-state index in [4.69, 9.17) is 5.73 Å². The van der Waals surface area contributed by atoms with Crippen LogP contribution in [0.3, 0.4) is 0 Å². The summed E-state index contributed by atoms with van der Waals surface area (Å²) in [7, 11) is 0. The Hall–Kier alpha value is -2.10. The molecule has 0 fully saturated rings. The van der Waals surface area contributed by atoms with Crippen molar-refractivity contribution in [3.8, 4) is 0 Å². The van der Waals surface area contributed by atoms with Crippen molar-refractivity contribution in [2.24, 2.45) is 0 Å². The molecule has 4 nitrogen and oxygen atoms in total. The maximum Gasteiger partial charge on any atom is 0.149 e. The van der Waals surface area contributed by atoms with E-state index in [0.29, 0.717) is 18.2 Å². The molecule has 0 aliphatic rings. The van der Waals surface area contributed by atoms with Crippen molar-refractivity contribution >= 4 is 11.5 Å². The summed E-state index contributed by atoms with van der Waals surface area (Å²) in [6.07, 6.45) is 1.66. The fraction of sp³-hybridized carbons (Fsp3) is 0.0909. The first-order chi connectivity index (χ1) is 7.34. The van der Waals surface area contributed by atoms with Crippen molar-refractivity contribution in [2.45, 2.75) is 6.54 Å². The number of aromatic nitrogens is 2. The number of nitrogens with zero attached hydrogens (tertiary/aromatic N) is 2. The van der Waals surface area contributed by atoms with Crippen molar-refractivity contribution in [1.29, 1.82) is 0 Å². The second-order valence-electron chi connectivity index (χ2n) is 3.12. The summed E-state index contributed by atoms with van der Waals surface area (Å²) in [4.78, 5) is 8.19. The first kappa shape index (κ1) is 9.45. The average molecular weight is 200 g/mol. The molecule has 0 bridgehead atoms. The summed E-state index contributed by atoms with van der Waals surface area (Å²) in [6.45, 7) is 0.578. The molecule has 0 aliphatic heterocycles. The van der Waals surface area contributed by atoms with E-state index in [2.05, 4.69) is 15.3 Å². The molecule has 0 amide bonds. The smallest absolute Gasteiger partial charge is 0.149 e. The first-order valence-corrected chi connectivity index (χ1v) is 4.71. The fourth-order valence-corrected chi connectivity index (χ4v) is 1.24. The highest BCUT2D eigenvalue weighted by Crippen LogP contribution is 2.06. The predicted octanol–water partition coefficient (Wildman–Crippen LogP) is 1.67. The van der Waals surface area contributed by atoms with Gasteiger partial charge in [0.1, 0.15) is 11.6 Å². The van der Waals surface area contributed by atoms with Crippen LogP contribution in [0.1, 0.15) is 5.82 Å². The number of nitrogen functional groups attached to an aromatic ring is 1. The van der Waals surface area contributed by atoms with Crippen LogP contribution in [0, 0.1) is 0 Å². The van der Waals surface area contributed by atoms with Gasteiger partial charge in [-0.1, -0.05) is 18.2 Å². The zero-order chi connectivity index (χ0) is 10.5. The summed E-state index contributed by atoms with van der Waals surface area (Å²) in [5.74, 6) is 1.19. The second kappa shape index (κ2) is 4.41. The van der Waals surface area contributed by atoms with Gasteiger partial charge in [0.25, 0.3) is 0 Å². The molecular weight excluding hydrogens is 188 g/mol. The number of nitrogens with two attached hydrogens (primary N) is 1. The Morgan fingerprint density at radius 1 is 1.13 bits per heavy atom. The summed E-state index contributed by atoms with van der Waals surface area (Å²) in [5.41, 5.74) is 6.59. The van der Waals surface area contributed by atoms with E-state index in [-0.39, 0.29) is 0 Å². The monoisotopic (exact) mass is 200 g/mol. The van der Waals surface area contributed by atoms with Gasteiger partial charge < -0.3 is 11.1 Å². The van der Waals surface area contributed by atoms with Crippen LogP contribution in [0.15, 0.2) is 42.6 Å². The van der Waals surface area contributed by atoms with Crippen LogP contribution in [-0.4, -0.2) is 9.97 Å². The Labute approximate surface area is 88.2 Å². The molecule has 1 aromatic heterocycles. The molecule has 2 aromatic rings. The highest BCUT2D eigenvalue weighted by atomic mass is 15.0. The lowest BCUT2D eigenvalue weighted by Crippen LogP contribution is -2.05. The minimum Gasteiger partial charge on any atom is -0.384 e. The number of para-hydroxylation sites is 1. The Kier molecular flexibility index (Phi) is 2.78. The van der Waals surface area contributed by atoms with Crippen LogP contribution in [0.4, 0.5) is 11.5 Å². The van der Waals surface area contributed by atoms with Gasteiger partial charge in [0.2, 0.25) is 0 Å². The zero-order valence-corrected chi connectivity index (χ0v) is 8.22. The number of nitrogens with one attached hydrogen (secondary N) is 1. The normalized spacial score (nSPS) is 9.87. The minimum atomic E-state index is 0.495. The van der Waals surface area contributed by atoms with Gasteiger partial charge in [-0.25, -0.2) is 9.97 Å². The molecule has 0 atom stereocenters. The SMILES string of the molecule is Nc1ccnc(CNc2ccccc2)n1. The fourth-order valence-electron chi connectivity index (χ4n) is 1.24. The van der Waals surface area contributed by atoms with E-state index in [0.717, 1.165) is 5.69 Å². The molecule has 2 rings (SSSR count). The van der Waals surface area contributed by atoms with Gasteiger partial charge in [0.15, 0.2) is 0 Å². The number of hydrogen-bond acceptors (Lipinski definition) is 4. The molecule has 15 heavy (non-hydrogen) atoms. The molecule has 0 saturated carbocycles. The zero-order valence-electron chi connectivity index (χ0n) is 8.22. The van der Waals surface area contributed by atoms with Gasteiger partial charge >= 0.3 is 0 Å². The molecule has 4 heteroatoms. The third-order valence-corrected chi connectivity index (χ3v) is 1.95. The van der Waals surface area contributed by atoms with Crippen LogP contribution in [0.5, 0.6) is 0 Å². The topological polar surface area (TPSA) is 63.8 Å². The Morgan fingerprint density at radius 3 is 2.67 bits per heavy atom. The maximum absolute atomic E-state index is 5.55. The lowest BCUT2D eigenvalue weighted by Gasteiger charge is -2.04. The van der Waals surface area contributed by atoms with E-state index in [1.807, 2.05) is 30.3 Å². The predicted molar refractivity (Wildman–Crippen MR) is 60.2 cm³/mol. The van der Waals surface area contributed by atoms with Crippen LogP contribution >= 0.6 is 0 Å². The van der Waals surface area contributed by atoms with Crippen LogP contribution in [0.2, 0.25) is 0 Å². The van der Waals surface area contributed by atoms with Crippen molar-refractivity contribution in [3.05, 3.63) is 48.4 Å². The lowest BCUT2D eigenvalue weighted by molar-refractivity contribution is 0.954. The van der Waals surface area contributed by atoms with Gasteiger partial charge in [-0.05, 0) is 18.2 Å². The minimum absolute atomic E-state index is 0.495. The highest BCUT2D eigenvalue weighted by molar-refractivity contribution is 5.42. The quantitative estimate of drug-likeness (QED) is 0.791. The largest absolute Gasteiger partial charge is 0.384 e. The van der Waals surface area contributed by atoms with E-state index in [1.54, 1.807) is 12.3 Å². The standard InChI is InChI=1S/C11H12N4/c12-10-6-7-13-11(15-10)8-14-9-4-2-1-3-5-9/h1-7,14H,8H2,(H2,12,13,15). The van der Waals surface area contributed by atoms with Gasteiger partial charge in [0, 0.05) is 11.9 Å². The second-order valence-corrected chi connectivity index (χ2v) is 3.12.